The molecule has 0 spiro atoms. The molecule has 0 saturated heterocycles. The molecule has 126 valence electrons. The highest BCUT2D eigenvalue weighted by atomic mass is 35.5. The van der Waals surface area contributed by atoms with Gasteiger partial charge in [-0.2, -0.15) is 0 Å². The molecule has 0 bridgehead atoms. The van der Waals surface area contributed by atoms with Crippen molar-refractivity contribution in [2.45, 2.75) is 45.2 Å². The minimum Gasteiger partial charge on any atom is -0.481 e. The third kappa shape index (κ3) is 6.69. The number of amides is 2. The number of hydrogen-bond donors (Lipinski definition) is 3. The highest BCUT2D eigenvalue weighted by molar-refractivity contribution is 6.30. The third-order valence-corrected chi connectivity index (χ3v) is 3.52. The smallest absolute Gasteiger partial charge is 0.303 e. The molecule has 1 unspecified atom stereocenters. The average molecular weight is 341 g/mol. The maximum atomic E-state index is 12.1. The molecule has 2 amide bonds. The van der Waals surface area contributed by atoms with Crippen molar-refractivity contribution < 1.29 is 19.5 Å². The molecule has 23 heavy (non-hydrogen) atoms. The summed E-state index contributed by atoms with van der Waals surface area (Å²) in [6.07, 6.45) is 0.255. The van der Waals surface area contributed by atoms with Crippen LogP contribution in [-0.2, 0) is 9.59 Å². The van der Waals surface area contributed by atoms with E-state index in [-0.39, 0.29) is 18.2 Å². The van der Waals surface area contributed by atoms with Gasteiger partial charge in [-0.25, -0.2) is 0 Å². The summed E-state index contributed by atoms with van der Waals surface area (Å²) in [7, 11) is 0. The molecule has 6 nitrogen and oxygen atoms in total. The Hall–Kier alpha value is -2.08. The molecular formula is C16H21ClN2O4. The van der Waals surface area contributed by atoms with Crippen LogP contribution in [-0.4, -0.2) is 34.5 Å². The molecule has 1 aromatic carbocycles. The van der Waals surface area contributed by atoms with E-state index in [2.05, 4.69) is 10.6 Å². The van der Waals surface area contributed by atoms with Crippen molar-refractivity contribution in [2.24, 2.45) is 0 Å². The quantitative estimate of drug-likeness (QED) is 0.709. The monoisotopic (exact) mass is 340 g/mol. The summed E-state index contributed by atoms with van der Waals surface area (Å²) in [5, 5.41) is 14.6. The lowest BCUT2D eigenvalue weighted by Crippen LogP contribution is -2.52. The second kappa shape index (κ2) is 7.97. The van der Waals surface area contributed by atoms with Gasteiger partial charge in [-0.1, -0.05) is 11.6 Å². The zero-order valence-electron chi connectivity index (χ0n) is 13.4. The summed E-state index contributed by atoms with van der Waals surface area (Å²) in [6.45, 7) is 5.04. The number of hydrogen-bond acceptors (Lipinski definition) is 3. The van der Waals surface area contributed by atoms with Gasteiger partial charge in [0.2, 0.25) is 5.91 Å². The van der Waals surface area contributed by atoms with Crippen LogP contribution in [0, 0.1) is 0 Å². The van der Waals surface area contributed by atoms with Gasteiger partial charge < -0.3 is 15.7 Å². The first-order chi connectivity index (χ1) is 10.6. The number of carboxylic acid groups (broad SMARTS) is 1. The minimum atomic E-state index is -0.920. The molecular weight excluding hydrogens is 320 g/mol. The van der Waals surface area contributed by atoms with Crippen molar-refractivity contribution in [3.05, 3.63) is 34.9 Å². The van der Waals surface area contributed by atoms with E-state index in [1.165, 1.54) is 0 Å². The maximum Gasteiger partial charge on any atom is 0.303 e. The minimum absolute atomic E-state index is 0.0429. The van der Waals surface area contributed by atoms with Crippen molar-refractivity contribution in [3.8, 4) is 0 Å². The standard InChI is InChI=1S/C16H21ClN2O4/c1-10(14(22)19-16(2,3)9-8-13(20)21)18-15(23)11-4-6-12(17)7-5-11/h4-7,10H,8-9H2,1-3H3,(H,18,23)(H,19,22)(H,20,21). The van der Waals surface area contributed by atoms with E-state index < -0.39 is 17.6 Å². The van der Waals surface area contributed by atoms with Crippen molar-refractivity contribution in [3.63, 3.8) is 0 Å². The lowest BCUT2D eigenvalue weighted by atomic mass is 9.98. The summed E-state index contributed by atoms with van der Waals surface area (Å²) < 4.78 is 0. The van der Waals surface area contributed by atoms with Gasteiger partial charge in [0, 0.05) is 22.5 Å². The fourth-order valence-electron chi connectivity index (χ4n) is 1.87. The Morgan fingerprint density at radius 3 is 2.30 bits per heavy atom. The molecule has 0 aromatic heterocycles. The SMILES string of the molecule is CC(NC(=O)c1ccc(Cl)cc1)C(=O)NC(C)(C)CCC(=O)O. The topological polar surface area (TPSA) is 95.5 Å². The van der Waals surface area contributed by atoms with E-state index in [0.717, 1.165) is 0 Å². The molecule has 3 N–H and O–H groups in total. The molecule has 0 aliphatic carbocycles. The zero-order chi connectivity index (χ0) is 17.6. The summed E-state index contributed by atoms with van der Waals surface area (Å²) in [5.41, 5.74) is -0.270. The lowest BCUT2D eigenvalue weighted by molar-refractivity contribution is -0.137. The second-order valence-electron chi connectivity index (χ2n) is 5.97. The average Bonchev–Trinajstić information content (AvgIpc) is 2.45. The Labute approximate surface area is 140 Å². The largest absolute Gasteiger partial charge is 0.481 e. The summed E-state index contributed by atoms with van der Waals surface area (Å²) in [4.78, 5) is 34.8. The predicted molar refractivity (Wildman–Crippen MR) is 87.5 cm³/mol. The number of aliphatic carboxylic acids is 1. The van der Waals surface area contributed by atoms with E-state index in [1.54, 1.807) is 45.0 Å². The van der Waals surface area contributed by atoms with E-state index >= 15 is 0 Å². The Morgan fingerprint density at radius 1 is 1.22 bits per heavy atom. The van der Waals surface area contributed by atoms with E-state index in [1.807, 2.05) is 0 Å². The van der Waals surface area contributed by atoms with Crippen LogP contribution in [0.1, 0.15) is 44.0 Å². The summed E-state index contributed by atoms with van der Waals surface area (Å²) in [6, 6.07) is 5.58. The number of nitrogens with one attached hydrogen (secondary N) is 2. The van der Waals surface area contributed by atoms with Crippen LogP contribution in [0.4, 0.5) is 0 Å². The molecule has 7 heteroatoms. The molecule has 0 aliphatic heterocycles. The van der Waals surface area contributed by atoms with Crippen LogP contribution in [0.5, 0.6) is 0 Å². The number of rotatable bonds is 7. The van der Waals surface area contributed by atoms with Gasteiger partial charge in [-0.05, 0) is 51.5 Å². The lowest BCUT2D eigenvalue weighted by Gasteiger charge is -2.27. The molecule has 0 aliphatic rings. The van der Waals surface area contributed by atoms with E-state index in [0.29, 0.717) is 17.0 Å². The number of carboxylic acids is 1. The fourth-order valence-corrected chi connectivity index (χ4v) is 2.00. The Bertz CT molecular complexity index is 584. The van der Waals surface area contributed by atoms with Crippen LogP contribution in [0.25, 0.3) is 0 Å². The van der Waals surface area contributed by atoms with Crippen molar-refractivity contribution in [1.82, 2.24) is 10.6 Å². The van der Waals surface area contributed by atoms with Gasteiger partial charge in [0.15, 0.2) is 0 Å². The summed E-state index contributed by atoms with van der Waals surface area (Å²) >= 11 is 5.76. The molecule has 0 saturated carbocycles. The number of carbonyl (C=O) groups excluding carboxylic acids is 2. The summed E-state index contributed by atoms with van der Waals surface area (Å²) in [5.74, 6) is -1.67. The molecule has 1 rings (SSSR count). The number of benzene rings is 1. The first-order valence-electron chi connectivity index (χ1n) is 7.21. The molecule has 1 aromatic rings. The molecule has 0 fully saturated rings. The highest BCUT2D eigenvalue weighted by Gasteiger charge is 2.25. The first kappa shape index (κ1) is 19.0. The number of halogens is 1. The van der Waals surface area contributed by atoms with Gasteiger partial charge in [0.05, 0.1) is 0 Å². The van der Waals surface area contributed by atoms with Crippen LogP contribution in [0.3, 0.4) is 0 Å². The normalized spacial score (nSPS) is 12.3. The third-order valence-electron chi connectivity index (χ3n) is 3.27. The van der Waals surface area contributed by atoms with Gasteiger partial charge in [-0.15, -0.1) is 0 Å². The fraction of sp³-hybridized carbons (Fsp3) is 0.438. The van der Waals surface area contributed by atoms with Crippen LogP contribution in [0.2, 0.25) is 5.02 Å². The van der Waals surface area contributed by atoms with Gasteiger partial charge in [0.25, 0.3) is 5.91 Å². The second-order valence-corrected chi connectivity index (χ2v) is 6.41. The molecule has 0 heterocycles. The zero-order valence-corrected chi connectivity index (χ0v) is 14.1. The highest BCUT2D eigenvalue weighted by Crippen LogP contribution is 2.12. The van der Waals surface area contributed by atoms with Crippen molar-refractivity contribution in [2.75, 3.05) is 0 Å². The molecule has 1 atom stereocenters. The Balaban J connectivity index is 2.57. The molecule has 0 radical (unpaired) electrons. The Kier molecular flexibility index (Phi) is 6.57. The predicted octanol–water partition coefficient (Wildman–Crippen LogP) is 2.22. The van der Waals surface area contributed by atoms with Crippen LogP contribution < -0.4 is 10.6 Å². The van der Waals surface area contributed by atoms with Gasteiger partial charge >= 0.3 is 5.97 Å². The van der Waals surface area contributed by atoms with Gasteiger partial charge in [0.1, 0.15) is 6.04 Å². The van der Waals surface area contributed by atoms with E-state index in [4.69, 9.17) is 16.7 Å². The first-order valence-corrected chi connectivity index (χ1v) is 7.59. The van der Waals surface area contributed by atoms with E-state index in [9.17, 15) is 14.4 Å². The van der Waals surface area contributed by atoms with Crippen molar-refractivity contribution in [1.29, 1.82) is 0 Å². The van der Waals surface area contributed by atoms with Crippen LogP contribution >= 0.6 is 11.6 Å². The Morgan fingerprint density at radius 2 is 1.78 bits per heavy atom. The van der Waals surface area contributed by atoms with Crippen molar-refractivity contribution >= 4 is 29.4 Å². The van der Waals surface area contributed by atoms with Crippen LogP contribution in [0.15, 0.2) is 24.3 Å². The number of carbonyl (C=O) groups is 3. The van der Waals surface area contributed by atoms with Gasteiger partial charge in [-0.3, -0.25) is 14.4 Å². The maximum absolute atomic E-state index is 12.1.